The molecule has 1 saturated carbocycles. The van der Waals surface area contributed by atoms with Crippen LogP contribution < -0.4 is 5.32 Å². The average Bonchev–Trinajstić information content (AvgIpc) is 3.77. The van der Waals surface area contributed by atoms with Crippen LogP contribution in [0.1, 0.15) is 48.1 Å². The molecule has 2 fully saturated rings. The smallest absolute Gasteiger partial charge is 0.254 e. The molecule has 35 heavy (non-hydrogen) atoms. The van der Waals surface area contributed by atoms with Gasteiger partial charge in [0, 0.05) is 23.4 Å². The summed E-state index contributed by atoms with van der Waals surface area (Å²) in [7, 11) is -3.61. The van der Waals surface area contributed by atoms with E-state index in [1.165, 1.54) is 30.2 Å². The number of hydrogen-bond acceptors (Lipinski definition) is 5. The third-order valence-electron chi connectivity index (χ3n) is 6.77. The number of piperidine rings is 1. The van der Waals surface area contributed by atoms with Crippen molar-refractivity contribution in [1.82, 2.24) is 15.2 Å². The summed E-state index contributed by atoms with van der Waals surface area (Å²) in [6, 6.07) is 2.70. The standard InChI is InChI=1S/C24H22ClF2N3O4S/c1-2-35(33,34)21-9-13(5-6-28-21)24(32)30-19-7-14(19)8-20(30)23(31)29-22(12-3-4-12)15-10-18(27)16(25)11-17(15)26/h3,5-6,9-11,14,19-20,22H,2,4,7-8H2,1H3,(H,29,31)/t14-,19-,20-,22-/m1/s1. The van der Waals surface area contributed by atoms with E-state index in [0.717, 1.165) is 24.1 Å². The Hall–Kier alpha value is -2.85. The van der Waals surface area contributed by atoms with E-state index < -0.39 is 45.4 Å². The summed E-state index contributed by atoms with van der Waals surface area (Å²) in [6.07, 6.45) is 4.82. The Kier molecular flexibility index (Phi) is 5.91. The van der Waals surface area contributed by atoms with Crippen LogP contribution >= 0.6 is 11.6 Å². The van der Waals surface area contributed by atoms with Crippen molar-refractivity contribution >= 4 is 33.3 Å². The zero-order chi connectivity index (χ0) is 25.1. The first kappa shape index (κ1) is 23.9. The lowest BCUT2D eigenvalue weighted by atomic mass is 10.0. The van der Waals surface area contributed by atoms with Gasteiger partial charge in [-0.05, 0) is 55.0 Å². The van der Waals surface area contributed by atoms with Gasteiger partial charge in [0.25, 0.3) is 5.91 Å². The first-order chi connectivity index (χ1) is 16.6. The van der Waals surface area contributed by atoms with Crippen LogP contribution in [-0.4, -0.2) is 48.0 Å². The molecular weight excluding hydrogens is 500 g/mol. The van der Waals surface area contributed by atoms with Gasteiger partial charge in [-0.1, -0.05) is 24.6 Å². The van der Waals surface area contributed by atoms with Gasteiger partial charge in [0.1, 0.15) is 17.7 Å². The molecule has 2 heterocycles. The molecule has 4 atom stereocenters. The molecule has 1 saturated heterocycles. The molecular formula is C24H22ClF2N3O4S. The fourth-order valence-corrected chi connectivity index (χ4v) is 5.63. The number of carbonyl (C=O) groups excluding carboxylic acids is 2. The summed E-state index contributed by atoms with van der Waals surface area (Å²) in [5, 5.41) is 2.24. The second-order valence-corrected chi connectivity index (χ2v) is 11.7. The van der Waals surface area contributed by atoms with Crippen LogP contribution in [0, 0.1) is 17.6 Å². The lowest BCUT2D eigenvalue weighted by Gasteiger charge is -2.29. The second kappa shape index (κ2) is 8.67. The largest absolute Gasteiger partial charge is 0.344 e. The average molecular weight is 522 g/mol. The van der Waals surface area contributed by atoms with Gasteiger partial charge in [0.15, 0.2) is 14.9 Å². The van der Waals surface area contributed by atoms with E-state index in [9.17, 15) is 26.8 Å². The Morgan fingerprint density at radius 3 is 2.66 bits per heavy atom. The van der Waals surface area contributed by atoms with E-state index >= 15 is 0 Å². The number of halogens is 3. The number of rotatable bonds is 7. The predicted octanol–water partition coefficient (Wildman–Crippen LogP) is 3.60. The number of sulfone groups is 1. The van der Waals surface area contributed by atoms with Gasteiger partial charge in [0.2, 0.25) is 5.91 Å². The van der Waals surface area contributed by atoms with E-state index in [4.69, 9.17) is 11.6 Å². The quantitative estimate of drug-likeness (QED) is 0.443. The highest BCUT2D eigenvalue weighted by atomic mass is 35.5. The topological polar surface area (TPSA) is 96.4 Å². The van der Waals surface area contributed by atoms with Crippen molar-refractivity contribution in [2.45, 2.75) is 49.3 Å². The van der Waals surface area contributed by atoms with Gasteiger partial charge < -0.3 is 10.2 Å². The number of amides is 2. The molecule has 11 heteroatoms. The number of fused-ring (bicyclic) bond motifs is 1. The number of likely N-dealkylation sites (tertiary alicyclic amines) is 1. The van der Waals surface area contributed by atoms with Crippen LogP contribution in [0.3, 0.4) is 0 Å². The van der Waals surface area contributed by atoms with Crippen molar-refractivity contribution in [2.75, 3.05) is 5.75 Å². The molecule has 3 aliphatic rings. The summed E-state index contributed by atoms with van der Waals surface area (Å²) >= 11 is 5.67. The number of nitrogens with one attached hydrogen (secondary N) is 1. The zero-order valence-corrected chi connectivity index (χ0v) is 20.2. The highest BCUT2D eigenvalue weighted by Crippen LogP contribution is 2.49. The lowest BCUT2D eigenvalue weighted by Crippen LogP contribution is -2.48. The molecule has 1 aromatic heterocycles. The molecule has 0 bridgehead atoms. The maximum absolute atomic E-state index is 14.6. The maximum atomic E-state index is 14.6. The fraction of sp³-hybridized carbons (Fsp3) is 0.375. The highest BCUT2D eigenvalue weighted by Gasteiger charge is 2.56. The SMILES string of the molecule is CCS(=O)(=O)c1cc(C(=O)N2[C@@H](C(=O)N[C@H](C3=CC3)c3cc(F)c(Cl)cc3F)C[C@H]3C[C@H]32)ccn1. The number of carbonyl (C=O) groups is 2. The Morgan fingerprint density at radius 2 is 1.97 bits per heavy atom. The van der Waals surface area contributed by atoms with Crippen LogP contribution in [0.2, 0.25) is 5.02 Å². The minimum atomic E-state index is -3.61. The molecule has 1 aliphatic heterocycles. The van der Waals surface area contributed by atoms with E-state index in [0.29, 0.717) is 12.8 Å². The van der Waals surface area contributed by atoms with Crippen LogP contribution in [0.4, 0.5) is 8.78 Å². The van der Waals surface area contributed by atoms with Crippen molar-refractivity contribution in [1.29, 1.82) is 0 Å². The van der Waals surface area contributed by atoms with Crippen LogP contribution in [0.15, 0.2) is 47.1 Å². The Balaban J connectivity index is 1.40. The number of allylic oxidation sites excluding steroid dienone is 1. The normalized spacial score (nSPS) is 23.4. The van der Waals surface area contributed by atoms with Crippen LogP contribution in [0.5, 0.6) is 0 Å². The fourth-order valence-electron chi connectivity index (χ4n) is 4.65. The van der Waals surface area contributed by atoms with Crippen LogP contribution in [-0.2, 0) is 14.6 Å². The third-order valence-corrected chi connectivity index (χ3v) is 8.68. The van der Waals surface area contributed by atoms with Gasteiger partial charge in [-0.3, -0.25) is 9.59 Å². The molecule has 2 aliphatic carbocycles. The molecule has 0 spiro atoms. The molecule has 7 nitrogen and oxygen atoms in total. The van der Waals surface area contributed by atoms with Gasteiger partial charge >= 0.3 is 0 Å². The summed E-state index contributed by atoms with van der Waals surface area (Å²) in [5.74, 6) is -2.46. The summed E-state index contributed by atoms with van der Waals surface area (Å²) in [6.45, 7) is 1.49. The molecule has 5 rings (SSSR count). The summed E-state index contributed by atoms with van der Waals surface area (Å²) < 4.78 is 53.1. The van der Waals surface area contributed by atoms with E-state index in [-0.39, 0.29) is 38.9 Å². The minimum Gasteiger partial charge on any atom is -0.344 e. The molecule has 2 aromatic rings. The van der Waals surface area contributed by atoms with Crippen molar-refractivity contribution < 1.29 is 26.8 Å². The zero-order valence-electron chi connectivity index (χ0n) is 18.7. The Morgan fingerprint density at radius 1 is 1.23 bits per heavy atom. The third kappa shape index (κ3) is 4.45. The van der Waals surface area contributed by atoms with E-state index in [1.54, 1.807) is 6.08 Å². The number of benzene rings is 1. The molecule has 184 valence electrons. The van der Waals surface area contributed by atoms with Gasteiger partial charge in [0.05, 0.1) is 16.8 Å². The van der Waals surface area contributed by atoms with Crippen molar-refractivity contribution in [3.05, 3.63) is 69.9 Å². The summed E-state index contributed by atoms with van der Waals surface area (Å²) in [4.78, 5) is 32.1. The van der Waals surface area contributed by atoms with Gasteiger partial charge in [-0.2, -0.15) is 0 Å². The van der Waals surface area contributed by atoms with Crippen molar-refractivity contribution in [3.63, 3.8) is 0 Å². The number of pyridine rings is 1. The van der Waals surface area contributed by atoms with Crippen molar-refractivity contribution in [3.8, 4) is 0 Å². The monoisotopic (exact) mass is 521 g/mol. The Labute approximate surface area is 206 Å². The molecule has 0 unspecified atom stereocenters. The number of nitrogens with zero attached hydrogens (tertiary/aromatic N) is 2. The van der Waals surface area contributed by atoms with E-state index in [2.05, 4.69) is 10.3 Å². The predicted molar refractivity (Wildman–Crippen MR) is 123 cm³/mol. The molecule has 1 aromatic carbocycles. The maximum Gasteiger partial charge on any atom is 0.254 e. The first-order valence-electron chi connectivity index (χ1n) is 11.3. The highest BCUT2D eigenvalue weighted by molar-refractivity contribution is 7.91. The number of hydrogen-bond donors (Lipinski definition) is 1. The van der Waals surface area contributed by atoms with Gasteiger partial charge in [-0.25, -0.2) is 22.2 Å². The summed E-state index contributed by atoms with van der Waals surface area (Å²) in [5.41, 5.74) is 0.835. The lowest BCUT2D eigenvalue weighted by molar-refractivity contribution is -0.125. The second-order valence-electron chi connectivity index (χ2n) is 9.03. The molecule has 2 amide bonds. The van der Waals surface area contributed by atoms with E-state index in [1.807, 2.05) is 0 Å². The Bertz CT molecular complexity index is 1380. The number of aromatic nitrogens is 1. The van der Waals surface area contributed by atoms with Crippen molar-refractivity contribution in [2.24, 2.45) is 5.92 Å². The van der Waals surface area contributed by atoms with Crippen LogP contribution in [0.25, 0.3) is 0 Å². The van der Waals surface area contributed by atoms with Gasteiger partial charge in [-0.15, -0.1) is 0 Å². The first-order valence-corrected chi connectivity index (χ1v) is 13.3. The minimum absolute atomic E-state index is 0.0337. The molecule has 1 N–H and O–H groups in total. The molecule has 0 radical (unpaired) electrons.